The Morgan fingerprint density at radius 3 is 2.88 bits per heavy atom. The molecule has 3 aromatic rings. The van der Waals surface area contributed by atoms with Gasteiger partial charge in [0.25, 0.3) is 5.91 Å². The maximum absolute atomic E-state index is 12.3. The maximum Gasteiger partial charge on any atom is 0.261 e. The van der Waals surface area contributed by atoms with Crippen LogP contribution in [0.25, 0.3) is 10.2 Å². The van der Waals surface area contributed by atoms with E-state index in [-0.39, 0.29) is 11.0 Å². The first kappa shape index (κ1) is 16.6. The highest BCUT2D eigenvalue weighted by molar-refractivity contribution is 7.80. The van der Waals surface area contributed by atoms with Crippen LogP contribution in [-0.4, -0.2) is 23.1 Å². The Bertz CT molecular complexity index is 927. The van der Waals surface area contributed by atoms with Crippen molar-refractivity contribution in [1.82, 2.24) is 10.3 Å². The number of nitrogens with zero attached hydrogens (tertiary/aromatic N) is 1. The predicted molar refractivity (Wildman–Crippen MR) is 101 cm³/mol. The Morgan fingerprint density at radius 1 is 1.29 bits per heavy atom. The Labute approximate surface area is 152 Å². The lowest BCUT2D eigenvalue weighted by Crippen LogP contribution is -2.34. The third-order valence-corrected chi connectivity index (χ3v) is 4.52. The number of anilines is 1. The largest absolute Gasteiger partial charge is 0.496 e. The summed E-state index contributed by atoms with van der Waals surface area (Å²) in [4.78, 5) is 16.7. The molecule has 0 saturated heterocycles. The fraction of sp³-hybridized carbons (Fsp3) is 0.0625. The number of rotatable bonds is 3. The van der Waals surface area contributed by atoms with Crippen molar-refractivity contribution < 1.29 is 9.53 Å². The molecule has 3 rings (SSSR count). The third kappa shape index (κ3) is 3.64. The van der Waals surface area contributed by atoms with Crippen molar-refractivity contribution in [3.05, 3.63) is 53.1 Å². The molecule has 24 heavy (non-hydrogen) atoms. The van der Waals surface area contributed by atoms with E-state index >= 15 is 0 Å². The topological polar surface area (TPSA) is 63.2 Å². The number of carbonyl (C=O) groups excluding carboxylic acids is 1. The fourth-order valence-corrected chi connectivity index (χ4v) is 3.48. The minimum atomic E-state index is -0.353. The maximum atomic E-state index is 12.3. The first-order chi connectivity index (χ1) is 11.6. The molecule has 0 spiro atoms. The van der Waals surface area contributed by atoms with Gasteiger partial charge in [-0.2, -0.15) is 0 Å². The Morgan fingerprint density at radius 2 is 2.08 bits per heavy atom. The number of thiocarbonyl (C=S) groups is 1. The van der Waals surface area contributed by atoms with Gasteiger partial charge in [-0.25, -0.2) is 4.98 Å². The molecule has 0 unspecified atom stereocenters. The number of benzene rings is 2. The number of hydrogen-bond acceptors (Lipinski definition) is 5. The summed E-state index contributed by atoms with van der Waals surface area (Å²) >= 11 is 12.5. The molecule has 122 valence electrons. The van der Waals surface area contributed by atoms with Crippen LogP contribution in [0, 0.1) is 0 Å². The standard InChI is InChI=1S/C16H12ClN3O2S2/c1-22-12-5-3-2-4-10(12)14(21)19-15(23)20-16-18-11-7-6-9(17)8-13(11)24-16/h2-8H,1H3,(H2,18,19,20,21,23). The first-order valence-corrected chi connectivity index (χ1v) is 8.48. The van der Waals surface area contributed by atoms with Gasteiger partial charge in [-0.1, -0.05) is 35.1 Å². The summed E-state index contributed by atoms with van der Waals surface area (Å²) in [7, 11) is 1.51. The van der Waals surface area contributed by atoms with E-state index in [1.54, 1.807) is 30.3 Å². The zero-order valence-electron chi connectivity index (χ0n) is 12.5. The number of hydrogen-bond donors (Lipinski definition) is 2. The monoisotopic (exact) mass is 377 g/mol. The number of fused-ring (bicyclic) bond motifs is 1. The minimum absolute atomic E-state index is 0.163. The minimum Gasteiger partial charge on any atom is -0.496 e. The molecule has 5 nitrogen and oxygen atoms in total. The van der Waals surface area contributed by atoms with Crippen LogP contribution >= 0.6 is 35.2 Å². The van der Waals surface area contributed by atoms with E-state index in [1.807, 2.05) is 12.1 Å². The van der Waals surface area contributed by atoms with Gasteiger partial charge in [-0.15, -0.1) is 0 Å². The highest BCUT2D eigenvalue weighted by atomic mass is 35.5. The normalized spacial score (nSPS) is 10.4. The summed E-state index contributed by atoms with van der Waals surface area (Å²) in [5.41, 5.74) is 1.21. The molecular formula is C16H12ClN3O2S2. The van der Waals surface area contributed by atoms with E-state index in [2.05, 4.69) is 15.6 Å². The van der Waals surface area contributed by atoms with Crippen LogP contribution in [0.3, 0.4) is 0 Å². The van der Waals surface area contributed by atoms with Crippen molar-refractivity contribution in [1.29, 1.82) is 0 Å². The molecule has 0 aliphatic rings. The second-order valence-electron chi connectivity index (χ2n) is 4.74. The zero-order chi connectivity index (χ0) is 17.1. The molecule has 1 aromatic heterocycles. The quantitative estimate of drug-likeness (QED) is 0.673. The Balaban J connectivity index is 1.71. The lowest BCUT2D eigenvalue weighted by atomic mass is 10.2. The van der Waals surface area contributed by atoms with Crippen LogP contribution in [0.1, 0.15) is 10.4 Å². The molecule has 1 amide bonds. The lowest BCUT2D eigenvalue weighted by molar-refractivity contribution is 0.0975. The van der Waals surface area contributed by atoms with Crippen LogP contribution in [-0.2, 0) is 0 Å². The summed E-state index contributed by atoms with van der Waals surface area (Å²) in [6.07, 6.45) is 0. The van der Waals surface area contributed by atoms with Gasteiger partial charge < -0.3 is 10.1 Å². The number of carbonyl (C=O) groups is 1. The number of methoxy groups -OCH3 is 1. The molecule has 0 aliphatic carbocycles. The van der Waals surface area contributed by atoms with E-state index < -0.39 is 0 Å². The lowest BCUT2D eigenvalue weighted by Gasteiger charge is -2.09. The van der Waals surface area contributed by atoms with E-state index in [4.69, 9.17) is 28.6 Å². The van der Waals surface area contributed by atoms with Crippen molar-refractivity contribution in [3.63, 3.8) is 0 Å². The molecular weight excluding hydrogens is 366 g/mol. The molecule has 8 heteroatoms. The van der Waals surface area contributed by atoms with Crippen LogP contribution in [0.5, 0.6) is 5.75 Å². The Kier molecular flexibility index (Phi) is 4.94. The van der Waals surface area contributed by atoms with E-state index in [0.717, 1.165) is 10.2 Å². The molecule has 0 atom stereocenters. The number of aromatic nitrogens is 1. The first-order valence-electron chi connectivity index (χ1n) is 6.88. The average Bonchev–Trinajstić information content (AvgIpc) is 2.95. The number of nitrogens with one attached hydrogen (secondary N) is 2. The second-order valence-corrected chi connectivity index (χ2v) is 6.61. The van der Waals surface area contributed by atoms with Gasteiger partial charge in [0.15, 0.2) is 10.2 Å². The van der Waals surface area contributed by atoms with Crippen molar-refractivity contribution in [3.8, 4) is 5.75 Å². The Hall–Kier alpha value is -2.22. The molecule has 2 aromatic carbocycles. The van der Waals surface area contributed by atoms with Crippen molar-refractivity contribution in [2.45, 2.75) is 0 Å². The number of ether oxygens (including phenoxy) is 1. The summed E-state index contributed by atoms with van der Waals surface area (Å²) in [6.45, 7) is 0. The van der Waals surface area contributed by atoms with Gasteiger partial charge in [-0.3, -0.25) is 10.1 Å². The SMILES string of the molecule is COc1ccccc1C(=O)NC(=S)Nc1nc2ccc(Cl)cc2s1. The van der Waals surface area contributed by atoms with Crippen molar-refractivity contribution in [2.75, 3.05) is 12.4 Å². The van der Waals surface area contributed by atoms with Crippen molar-refractivity contribution >= 4 is 61.5 Å². The van der Waals surface area contributed by atoms with Crippen molar-refractivity contribution in [2.24, 2.45) is 0 Å². The summed E-state index contributed by atoms with van der Waals surface area (Å²) in [5, 5.41) is 6.92. The highest BCUT2D eigenvalue weighted by Gasteiger charge is 2.14. The summed E-state index contributed by atoms with van der Waals surface area (Å²) < 4.78 is 6.10. The van der Waals surface area contributed by atoms with Crippen LogP contribution in [0.2, 0.25) is 5.02 Å². The van der Waals surface area contributed by atoms with Gasteiger partial charge in [0.05, 0.1) is 22.9 Å². The fourth-order valence-electron chi connectivity index (χ4n) is 2.08. The number of amides is 1. The number of halogens is 1. The zero-order valence-corrected chi connectivity index (χ0v) is 14.9. The van der Waals surface area contributed by atoms with Gasteiger partial charge in [0.1, 0.15) is 5.75 Å². The molecule has 0 fully saturated rings. The molecule has 0 saturated carbocycles. The van der Waals surface area contributed by atoms with E-state index in [0.29, 0.717) is 21.5 Å². The predicted octanol–water partition coefficient (Wildman–Crippen LogP) is 4.09. The second kappa shape index (κ2) is 7.12. The molecule has 0 radical (unpaired) electrons. The van der Waals surface area contributed by atoms with Crippen LogP contribution < -0.4 is 15.4 Å². The molecule has 2 N–H and O–H groups in total. The number of para-hydroxylation sites is 1. The molecule has 0 aliphatic heterocycles. The molecule has 1 heterocycles. The molecule has 0 bridgehead atoms. The van der Waals surface area contributed by atoms with Crippen LogP contribution in [0.15, 0.2) is 42.5 Å². The highest BCUT2D eigenvalue weighted by Crippen LogP contribution is 2.28. The summed E-state index contributed by atoms with van der Waals surface area (Å²) in [6, 6.07) is 12.4. The number of thiazole rings is 1. The van der Waals surface area contributed by atoms with Gasteiger partial charge in [-0.05, 0) is 42.5 Å². The third-order valence-electron chi connectivity index (χ3n) is 3.15. The smallest absolute Gasteiger partial charge is 0.261 e. The average molecular weight is 378 g/mol. The van der Waals surface area contributed by atoms with Gasteiger partial charge in [0.2, 0.25) is 0 Å². The van der Waals surface area contributed by atoms with E-state index in [9.17, 15) is 4.79 Å². The van der Waals surface area contributed by atoms with Crippen LogP contribution in [0.4, 0.5) is 5.13 Å². The summed E-state index contributed by atoms with van der Waals surface area (Å²) in [5.74, 6) is 0.126. The van der Waals surface area contributed by atoms with E-state index in [1.165, 1.54) is 18.4 Å². The van der Waals surface area contributed by atoms with Gasteiger partial charge in [0, 0.05) is 5.02 Å². The van der Waals surface area contributed by atoms with Gasteiger partial charge >= 0.3 is 0 Å².